The van der Waals surface area contributed by atoms with Gasteiger partial charge in [-0.3, -0.25) is 0 Å². The first-order valence-electron chi connectivity index (χ1n) is 7.31. The van der Waals surface area contributed by atoms with E-state index in [4.69, 9.17) is 0 Å². The van der Waals surface area contributed by atoms with E-state index < -0.39 is 0 Å². The minimum Gasteiger partial charge on any atom is -0.313 e. The van der Waals surface area contributed by atoms with Gasteiger partial charge in [0.25, 0.3) is 0 Å². The highest BCUT2D eigenvalue weighted by Crippen LogP contribution is 2.25. The van der Waals surface area contributed by atoms with Gasteiger partial charge in [0, 0.05) is 24.4 Å². The number of hydrogen-bond acceptors (Lipinski definition) is 3. The van der Waals surface area contributed by atoms with Gasteiger partial charge in [0.2, 0.25) is 0 Å². The lowest BCUT2D eigenvalue weighted by Crippen LogP contribution is -2.44. The first-order valence-corrected chi connectivity index (χ1v) is 8.36. The third-order valence-corrected chi connectivity index (χ3v) is 5.27. The number of nitrogens with one attached hydrogen (secondary N) is 1. The third kappa shape index (κ3) is 4.80. The molecule has 2 heterocycles. The van der Waals surface area contributed by atoms with Crippen LogP contribution in [0.25, 0.3) is 0 Å². The molecule has 2 rings (SSSR count). The van der Waals surface area contributed by atoms with Gasteiger partial charge in [0.15, 0.2) is 0 Å². The molecule has 0 aromatic rings. The minimum atomic E-state index is 0.791. The van der Waals surface area contributed by atoms with Gasteiger partial charge in [0.1, 0.15) is 0 Å². The lowest BCUT2D eigenvalue weighted by molar-refractivity contribution is 0.180. The number of nitrogens with zero attached hydrogens (tertiary/aromatic N) is 1. The molecular weight excluding hydrogens is 228 g/mol. The van der Waals surface area contributed by atoms with E-state index in [0.29, 0.717) is 0 Å². The van der Waals surface area contributed by atoms with Crippen molar-refractivity contribution < 1.29 is 0 Å². The van der Waals surface area contributed by atoms with Gasteiger partial charge < -0.3 is 10.2 Å². The maximum absolute atomic E-state index is 3.79. The Morgan fingerprint density at radius 3 is 2.59 bits per heavy atom. The predicted octanol–water partition coefficient (Wildman–Crippen LogP) is 2.59. The Morgan fingerprint density at radius 1 is 1.24 bits per heavy atom. The smallest absolute Gasteiger partial charge is 0.0172 e. The maximum Gasteiger partial charge on any atom is 0.0172 e. The third-order valence-electron chi connectivity index (χ3n) is 3.87. The molecule has 2 saturated heterocycles. The van der Waals surface area contributed by atoms with E-state index in [1.165, 1.54) is 57.6 Å². The van der Waals surface area contributed by atoms with E-state index in [9.17, 15) is 0 Å². The van der Waals surface area contributed by atoms with Gasteiger partial charge in [-0.2, -0.15) is 11.8 Å². The molecule has 3 heteroatoms. The molecule has 0 aromatic carbocycles. The van der Waals surface area contributed by atoms with Crippen molar-refractivity contribution in [3.8, 4) is 0 Å². The molecule has 2 nitrogen and oxygen atoms in total. The normalized spacial score (nSPS) is 28.1. The summed E-state index contributed by atoms with van der Waals surface area (Å²) in [6, 6.07) is 0.791. The van der Waals surface area contributed by atoms with Gasteiger partial charge in [-0.1, -0.05) is 13.8 Å². The van der Waals surface area contributed by atoms with Crippen LogP contribution in [-0.2, 0) is 0 Å². The molecule has 1 N–H and O–H groups in total. The first kappa shape index (κ1) is 13.7. The predicted molar refractivity (Wildman–Crippen MR) is 77.8 cm³/mol. The van der Waals surface area contributed by atoms with E-state index >= 15 is 0 Å². The molecule has 0 spiro atoms. The van der Waals surface area contributed by atoms with Crippen LogP contribution in [0, 0.1) is 5.92 Å². The number of thioether (sulfide) groups is 1. The maximum atomic E-state index is 3.79. The molecule has 1 atom stereocenters. The van der Waals surface area contributed by atoms with Gasteiger partial charge in [-0.25, -0.2) is 0 Å². The van der Waals surface area contributed by atoms with Crippen molar-refractivity contribution in [3.63, 3.8) is 0 Å². The molecular formula is C14H28N2S. The quantitative estimate of drug-likeness (QED) is 0.814. The van der Waals surface area contributed by atoms with Crippen LogP contribution in [-0.4, -0.2) is 48.1 Å². The fourth-order valence-electron chi connectivity index (χ4n) is 2.94. The molecule has 0 amide bonds. The van der Waals surface area contributed by atoms with Crippen molar-refractivity contribution in [2.24, 2.45) is 5.92 Å². The Bertz CT molecular complexity index is 206. The number of hydrogen-bond donors (Lipinski definition) is 1. The molecule has 0 saturated carbocycles. The van der Waals surface area contributed by atoms with Gasteiger partial charge in [-0.15, -0.1) is 0 Å². The van der Waals surface area contributed by atoms with E-state index in [2.05, 4.69) is 35.8 Å². The highest BCUT2D eigenvalue weighted by atomic mass is 32.2. The standard InChI is InChI=1S/C14H28N2S/c1-12(2)11-16-7-5-13(6-8-16)15-10-14-4-3-9-17-14/h12-15H,3-11H2,1-2H3. The topological polar surface area (TPSA) is 15.3 Å². The summed E-state index contributed by atoms with van der Waals surface area (Å²) in [7, 11) is 0. The minimum absolute atomic E-state index is 0.791. The zero-order valence-corrected chi connectivity index (χ0v) is 12.3. The summed E-state index contributed by atoms with van der Waals surface area (Å²) in [5.74, 6) is 2.20. The van der Waals surface area contributed by atoms with Crippen LogP contribution < -0.4 is 5.32 Å². The van der Waals surface area contributed by atoms with Gasteiger partial charge >= 0.3 is 0 Å². The molecule has 2 aliphatic rings. The van der Waals surface area contributed by atoms with Crippen molar-refractivity contribution in [2.45, 2.75) is 50.8 Å². The first-order chi connectivity index (χ1) is 8.24. The Kier molecular flexibility index (Phi) is 5.64. The van der Waals surface area contributed by atoms with E-state index in [1.54, 1.807) is 0 Å². The molecule has 0 radical (unpaired) electrons. The highest BCUT2D eigenvalue weighted by molar-refractivity contribution is 8.00. The van der Waals surface area contributed by atoms with E-state index in [1.807, 2.05) is 0 Å². The lowest BCUT2D eigenvalue weighted by atomic mass is 10.0. The lowest BCUT2D eigenvalue weighted by Gasteiger charge is -2.33. The summed E-state index contributed by atoms with van der Waals surface area (Å²) in [5, 5.41) is 4.70. The summed E-state index contributed by atoms with van der Waals surface area (Å²) in [6.45, 7) is 9.77. The molecule has 0 bridgehead atoms. The van der Waals surface area contributed by atoms with Gasteiger partial charge in [-0.05, 0) is 50.4 Å². The van der Waals surface area contributed by atoms with Crippen molar-refractivity contribution in [2.75, 3.05) is 31.9 Å². The molecule has 2 fully saturated rings. The van der Waals surface area contributed by atoms with Crippen molar-refractivity contribution in [1.82, 2.24) is 10.2 Å². The Morgan fingerprint density at radius 2 is 2.00 bits per heavy atom. The zero-order chi connectivity index (χ0) is 12.1. The second-order valence-corrected chi connectivity index (χ2v) is 7.42. The summed E-state index contributed by atoms with van der Waals surface area (Å²) in [4.78, 5) is 2.63. The summed E-state index contributed by atoms with van der Waals surface area (Å²) < 4.78 is 0. The zero-order valence-electron chi connectivity index (χ0n) is 11.5. The molecule has 0 aromatic heterocycles. The fourth-order valence-corrected chi connectivity index (χ4v) is 4.15. The van der Waals surface area contributed by atoms with Crippen LogP contribution in [0.1, 0.15) is 39.5 Å². The Hall–Kier alpha value is 0.270. The average Bonchev–Trinajstić information content (AvgIpc) is 2.80. The Balaban J connectivity index is 1.58. The SMILES string of the molecule is CC(C)CN1CCC(NCC2CCCS2)CC1. The van der Waals surface area contributed by atoms with Crippen molar-refractivity contribution in [3.05, 3.63) is 0 Å². The molecule has 1 unspecified atom stereocenters. The van der Waals surface area contributed by atoms with Crippen LogP contribution in [0.3, 0.4) is 0 Å². The highest BCUT2D eigenvalue weighted by Gasteiger charge is 2.21. The monoisotopic (exact) mass is 256 g/mol. The van der Waals surface area contributed by atoms with Crippen LogP contribution in [0.15, 0.2) is 0 Å². The van der Waals surface area contributed by atoms with Crippen LogP contribution in [0.4, 0.5) is 0 Å². The summed E-state index contributed by atoms with van der Waals surface area (Å²) in [5.41, 5.74) is 0. The Labute approximate surface area is 111 Å². The molecule has 100 valence electrons. The molecule has 17 heavy (non-hydrogen) atoms. The summed E-state index contributed by atoms with van der Waals surface area (Å²) >= 11 is 2.17. The average molecular weight is 256 g/mol. The van der Waals surface area contributed by atoms with Crippen LogP contribution in [0.2, 0.25) is 0 Å². The van der Waals surface area contributed by atoms with Crippen LogP contribution >= 0.6 is 11.8 Å². The molecule has 0 aliphatic carbocycles. The van der Waals surface area contributed by atoms with E-state index in [0.717, 1.165) is 17.2 Å². The van der Waals surface area contributed by atoms with E-state index in [-0.39, 0.29) is 0 Å². The number of likely N-dealkylation sites (tertiary alicyclic amines) is 1. The summed E-state index contributed by atoms with van der Waals surface area (Å²) in [6.07, 6.45) is 5.57. The van der Waals surface area contributed by atoms with Crippen LogP contribution in [0.5, 0.6) is 0 Å². The molecule has 2 aliphatic heterocycles. The number of piperidine rings is 1. The second-order valence-electron chi connectivity index (χ2n) is 6.01. The largest absolute Gasteiger partial charge is 0.313 e. The number of rotatable bonds is 5. The van der Waals surface area contributed by atoms with Crippen molar-refractivity contribution >= 4 is 11.8 Å². The fraction of sp³-hybridized carbons (Fsp3) is 1.00. The second kappa shape index (κ2) is 7.01. The van der Waals surface area contributed by atoms with Gasteiger partial charge in [0.05, 0.1) is 0 Å². The van der Waals surface area contributed by atoms with Crippen molar-refractivity contribution in [1.29, 1.82) is 0 Å².